The third-order valence-electron chi connectivity index (χ3n) is 2.33. The predicted octanol–water partition coefficient (Wildman–Crippen LogP) is 1.35. The van der Waals surface area contributed by atoms with Gasteiger partial charge in [-0.15, -0.1) is 5.10 Å². The van der Waals surface area contributed by atoms with Crippen LogP contribution in [-0.4, -0.2) is 36.6 Å². The lowest BCUT2D eigenvalue weighted by molar-refractivity contribution is -0.0501. The Kier molecular flexibility index (Phi) is 3.53. The number of ether oxygens (including phenoxy) is 1. The standard InChI is InChI=1S/C10H7F3N2O5S/c1-19-9(16)6-4-7-2-3-8(14-15(7)5-6)20-21(17,18)10(11,12)13/h2-5H,1H3. The van der Waals surface area contributed by atoms with Crippen molar-refractivity contribution in [1.82, 2.24) is 9.61 Å². The molecule has 114 valence electrons. The molecule has 2 aromatic heterocycles. The van der Waals surface area contributed by atoms with E-state index in [-0.39, 0.29) is 5.56 Å². The number of methoxy groups -OCH3 is 1. The van der Waals surface area contributed by atoms with E-state index in [2.05, 4.69) is 14.0 Å². The first-order valence-corrected chi connectivity index (χ1v) is 6.63. The van der Waals surface area contributed by atoms with Crippen molar-refractivity contribution in [2.75, 3.05) is 7.11 Å². The fourth-order valence-corrected chi connectivity index (χ4v) is 1.82. The topological polar surface area (TPSA) is 87.0 Å². The maximum Gasteiger partial charge on any atom is 0.534 e. The lowest BCUT2D eigenvalue weighted by Gasteiger charge is -2.08. The van der Waals surface area contributed by atoms with Crippen LogP contribution in [0.1, 0.15) is 10.4 Å². The molecule has 2 heterocycles. The summed E-state index contributed by atoms with van der Waals surface area (Å²) in [7, 11) is -4.65. The number of hydrogen-bond donors (Lipinski definition) is 0. The molecule has 0 aliphatic carbocycles. The van der Waals surface area contributed by atoms with E-state index in [0.717, 1.165) is 23.9 Å². The maximum absolute atomic E-state index is 12.2. The molecule has 0 aliphatic heterocycles. The first-order valence-electron chi connectivity index (χ1n) is 5.22. The van der Waals surface area contributed by atoms with Crippen LogP contribution in [0.4, 0.5) is 13.2 Å². The van der Waals surface area contributed by atoms with Crippen LogP contribution in [0.15, 0.2) is 24.4 Å². The molecule has 0 amide bonds. The summed E-state index contributed by atoms with van der Waals surface area (Å²) in [4.78, 5) is 11.3. The van der Waals surface area contributed by atoms with Crippen LogP contribution in [0.5, 0.6) is 5.88 Å². The number of fused-ring (bicyclic) bond motifs is 1. The van der Waals surface area contributed by atoms with E-state index in [0.29, 0.717) is 5.52 Å². The monoisotopic (exact) mass is 324 g/mol. The second-order valence-corrected chi connectivity index (χ2v) is 5.28. The Bertz CT molecular complexity index is 797. The first-order chi connectivity index (χ1) is 9.64. The fourth-order valence-electron chi connectivity index (χ4n) is 1.41. The number of nitrogens with zero attached hydrogens (tertiary/aromatic N) is 2. The quantitative estimate of drug-likeness (QED) is 0.481. The van der Waals surface area contributed by atoms with E-state index < -0.39 is 27.5 Å². The lowest BCUT2D eigenvalue weighted by atomic mass is 10.3. The van der Waals surface area contributed by atoms with Crippen molar-refractivity contribution in [3.8, 4) is 5.88 Å². The van der Waals surface area contributed by atoms with Crippen molar-refractivity contribution in [1.29, 1.82) is 0 Å². The Morgan fingerprint density at radius 2 is 2.00 bits per heavy atom. The van der Waals surface area contributed by atoms with Gasteiger partial charge in [-0.05, 0) is 12.1 Å². The Morgan fingerprint density at radius 1 is 1.33 bits per heavy atom. The lowest BCUT2D eigenvalue weighted by Crippen LogP contribution is -2.28. The molecule has 0 N–H and O–H groups in total. The molecule has 21 heavy (non-hydrogen) atoms. The van der Waals surface area contributed by atoms with Crippen LogP contribution in [0.3, 0.4) is 0 Å². The van der Waals surface area contributed by atoms with Crippen LogP contribution in [-0.2, 0) is 14.9 Å². The zero-order valence-corrected chi connectivity index (χ0v) is 11.1. The van der Waals surface area contributed by atoms with Gasteiger partial charge in [0.15, 0.2) is 0 Å². The molecule has 0 unspecified atom stereocenters. The number of hydrogen-bond acceptors (Lipinski definition) is 6. The molecular weight excluding hydrogens is 317 g/mol. The molecule has 0 saturated carbocycles. The third-order valence-corrected chi connectivity index (χ3v) is 3.29. The molecule has 0 aliphatic rings. The van der Waals surface area contributed by atoms with Gasteiger partial charge in [0.05, 0.1) is 18.2 Å². The Morgan fingerprint density at radius 3 is 2.57 bits per heavy atom. The van der Waals surface area contributed by atoms with E-state index in [9.17, 15) is 26.4 Å². The maximum atomic E-state index is 12.2. The minimum Gasteiger partial charge on any atom is -0.465 e. The van der Waals surface area contributed by atoms with Crippen LogP contribution >= 0.6 is 0 Å². The first kappa shape index (κ1) is 15.1. The second-order valence-electron chi connectivity index (χ2n) is 3.74. The van der Waals surface area contributed by atoms with Crippen molar-refractivity contribution in [3.63, 3.8) is 0 Å². The summed E-state index contributed by atoms with van der Waals surface area (Å²) in [5.41, 5.74) is -5.12. The number of alkyl halides is 3. The molecule has 0 aromatic carbocycles. The molecule has 2 aromatic rings. The Hall–Kier alpha value is -2.30. The fraction of sp³-hybridized carbons (Fsp3) is 0.200. The average Bonchev–Trinajstić information content (AvgIpc) is 2.79. The smallest absolute Gasteiger partial charge is 0.465 e. The minimum atomic E-state index is -5.80. The SMILES string of the molecule is COC(=O)c1cc2ccc(OS(=O)(=O)C(F)(F)F)nn2c1. The van der Waals surface area contributed by atoms with E-state index in [1.807, 2.05) is 0 Å². The normalized spacial score (nSPS) is 12.4. The van der Waals surface area contributed by atoms with Gasteiger partial charge < -0.3 is 8.92 Å². The number of carbonyl (C=O) groups excluding carboxylic acids is 1. The van der Waals surface area contributed by atoms with E-state index >= 15 is 0 Å². The Balaban J connectivity index is 2.38. The van der Waals surface area contributed by atoms with Gasteiger partial charge in [0.25, 0.3) is 5.88 Å². The number of aromatic nitrogens is 2. The summed E-state index contributed by atoms with van der Waals surface area (Å²) in [6.45, 7) is 0. The van der Waals surface area contributed by atoms with Gasteiger partial charge in [0.1, 0.15) is 0 Å². The molecule has 0 radical (unpaired) electrons. The predicted molar refractivity (Wildman–Crippen MR) is 62.1 cm³/mol. The van der Waals surface area contributed by atoms with Gasteiger partial charge in [-0.3, -0.25) is 0 Å². The Labute approximate surface area is 116 Å². The zero-order chi connectivity index (χ0) is 15.8. The summed E-state index contributed by atoms with van der Waals surface area (Å²) >= 11 is 0. The molecule has 11 heteroatoms. The molecule has 0 spiro atoms. The average molecular weight is 324 g/mol. The van der Waals surface area contributed by atoms with Crippen molar-refractivity contribution < 1.29 is 35.3 Å². The van der Waals surface area contributed by atoms with Crippen LogP contribution < -0.4 is 4.18 Å². The summed E-state index contributed by atoms with van der Waals surface area (Å²) < 4.78 is 67.6. The van der Waals surface area contributed by atoms with Gasteiger partial charge in [-0.25, -0.2) is 9.31 Å². The summed E-state index contributed by atoms with van der Waals surface area (Å²) in [6.07, 6.45) is 1.16. The van der Waals surface area contributed by atoms with Crippen LogP contribution in [0.25, 0.3) is 5.52 Å². The zero-order valence-electron chi connectivity index (χ0n) is 10.3. The van der Waals surface area contributed by atoms with Gasteiger partial charge in [0.2, 0.25) is 0 Å². The molecule has 2 rings (SSSR count). The van der Waals surface area contributed by atoms with Crippen molar-refractivity contribution in [2.24, 2.45) is 0 Å². The van der Waals surface area contributed by atoms with Crippen molar-refractivity contribution >= 4 is 21.6 Å². The molecule has 0 fully saturated rings. The highest BCUT2D eigenvalue weighted by molar-refractivity contribution is 7.87. The molecule has 0 atom stereocenters. The van der Waals surface area contributed by atoms with E-state index in [1.54, 1.807) is 0 Å². The number of esters is 1. The van der Waals surface area contributed by atoms with Crippen molar-refractivity contribution in [3.05, 3.63) is 30.0 Å². The number of halogens is 3. The third kappa shape index (κ3) is 2.91. The molecule has 0 saturated heterocycles. The highest BCUT2D eigenvalue weighted by atomic mass is 32.2. The molecular formula is C10H7F3N2O5S. The molecule has 0 bridgehead atoms. The van der Waals surface area contributed by atoms with Gasteiger partial charge >= 0.3 is 21.6 Å². The van der Waals surface area contributed by atoms with Gasteiger partial charge in [0, 0.05) is 12.3 Å². The number of rotatable bonds is 3. The van der Waals surface area contributed by atoms with Gasteiger partial charge in [-0.1, -0.05) is 0 Å². The highest BCUT2D eigenvalue weighted by Gasteiger charge is 2.48. The van der Waals surface area contributed by atoms with Crippen LogP contribution in [0.2, 0.25) is 0 Å². The highest BCUT2D eigenvalue weighted by Crippen LogP contribution is 2.26. The van der Waals surface area contributed by atoms with E-state index in [4.69, 9.17) is 0 Å². The summed E-state index contributed by atoms with van der Waals surface area (Å²) in [6, 6.07) is 3.53. The van der Waals surface area contributed by atoms with Gasteiger partial charge in [-0.2, -0.15) is 21.6 Å². The number of carbonyl (C=O) groups is 1. The molecule has 7 nitrogen and oxygen atoms in total. The largest absolute Gasteiger partial charge is 0.534 e. The van der Waals surface area contributed by atoms with Crippen LogP contribution in [0, 0.1) is 0 Å². The summed E-state index contributed by atoms with van der Waals surface area (Å²) in [5.74, 6) is -1.46. The second kappa shape index (κ2) is 4.91. The minimum absolute atomic E-state index is 0.0980. The van der Waals surface area contributed by atoms with E-state index in [1.165, 1.54) is 12.1 Å². The van der Waals surface area contributed by atoms with Crippen molar-refractivity contribution in [2.45, 2.75) is 5.51 Å². The summed E-state index contributed by atoms with van der Waals surface area (Å²) in [5, 5.41) is 3.52.